The second-order valence-electron chi connectivity index (χ2n) is 14.8. The number of unbranched alkanes of at least 4 members (excludes halogenated alkanes) is 2. The third-order valence-corrected chi connectivity index (χ3v) is 11.2. The summed E-state index contributed by atoms with van der Waals surface area (Å²) in [5.74, 6) is -1.30. The summed E-state index contributed by atoms with van der Waals surface area (Å²) in [6.07, 6.45) is 8.21. The Hall–Kier alpha value is -4.68. The SMILES string of the molecule is C=CCOC12Oc3ccc(O)cc3C3C(CCCCO)C(CCCCO)C=C(C(=NOCc4ccccc4)CC1N(C)C(=O)OCCOCc1ccccc1)C32. The van der Waals surface area contributed by atoms with Gasteiger partial charge in [-0.15, -0.1) is 6.58 Å². The molecule has 3 aromatic rings. The first-order chi connectivity index (χ1) is 27.4. The molecule has 1 amide bonds. The van der Waals surface area contributed by atoms with Gasteiger partial charge in [-0.1, -0.05) is 90.8 Å². The number of aromatic hydroxyl groups is 1. The van der Waals surface area contributed by atoms with Gasteiger partial charge in [-0.05, 0) is 72.4 Å². The molecule has 3 aromatic carbocycles. The fraction of sp³-hybridized carbons (Fsp3) is 0.467. The molecule has 6 atom stereocenters. The number of carbonyl (C=O) groups excluding carboxylic acids is 1. The van der Waals surface area contributed by atoms with Crippen molar-refractivity contribution >= 4 is 11.8 Å². The minimum Gasteiger partial charge on any atom is -0.508 e. The number of phenols is 1. The number of aliphatic hydroxyl groups is 2. The molecule has 1 fully saturated rings. The third-order valence-electron chi connectivity index (χ3n) is 11.2. The molecule has 1 aliphatic heterocycles. The molecule has 2 aliphatic carbocycles. The van der Waals surface area contributed by atoms with Gasteiger partial charge in [0, 0.05) is 38.2 Å². The van der Waals surface area contributed by atoms with Crippen molar-refractivity contribution in [3.8, 4) is 11.5 Å². The van der Waals surface area contributed by atoms with Crippen LogP contribution in [-0.2, 0) is 32.3 Å². The standard InChI is InChI=1S/C45H56N2O9/c1-3-24-54-45-41(47(2)44(51)53-26-25-52-30-32-14-6-4-7-15-32)29-39(46-55-31-33-16-8-5-9-17-33)37-27-34(18-10-12-22-48)36(19-11-13-23-49)42(43(37)45)38-28-35(50)20-21-40(38)56-45/h3-9,14-17,20-21,27-28,34,36,41-43,48-50H,1,10-13,18-19,22-26,29-31H2,2H3. The number of aliphatic hydroxyl groups excluding tert-OH is 2. The number of phenolic OH excluding ortho intramolecular Hbond substituents is 1. The van der Waals surface area contributed by atoms with Gasteiger partial charge in [-0.2, -0.15) is 0 Å². The molecule has 0 saturated heterocycles. The van der Waals surface area contributed by atoms with E-state index in [1.807, 2.05) is 60.7 Å². The number of hydrogen-bond acceptors (Lipinski definition) is 10. The third kappa shape index (κ3) is 9.46. The normalized spacial score (nSPS) is 24.3. The summed E-state index contributed by atoms with van der Waals surface area (Å²) in [4.78, 5) is 21.6. The van der Waals surface area contributed by atoms with Crippen LogP contribution in [0.2, 0.25) is 0 Å². The molecule has 3 aliphatic rings. The average molecular weight is 769 g/mol. The summed E-state index contributed by atoms with van der Waals surface area (Å²) in [6.45, 7) is 5.22. The predicted octanol–water partition coefficient (Wildman–Crippen LogP) is 7.51. The first-order valence-electron chi connectivity index (χ1n) is 19.8. The number of rotatable bonds is 20. The number of ether oxygens (including phenoxy) is 4. The minimum absolute atomic E-state index is 0.0486. The van der Waals surface area contributed by atoms with Crippen LogP contribution in [0, 0.1) is 17.8 Å². The molecule has 300 valence electrons. The Kier molecular flexibility index (Phi) is 14.6. The zero-order valence-corrected chi connectivity index (χ0v) is 32.3. The van der Waals surface area contributed by atoms with Gasteiger partial charge in [0.25, 0.3) is 0 Å². The highest BCUT2D eigenvalue weighted by atomic mass is 16.7. The highest BCUT2D eigenvalue weighted by Gasteiger charge is 2.65. The average Bonchev–Trinajstić information content (AvgIpc) is 3.22. The number of likely N-dealkylation sites (N-methyl/N-ethyl adjacent to an activating group) is 1. The van der Waals surface area contributed by atoms with Crippen LogP contribution in [0.1, 0.15) is 67.6 Å². The van der Waals surface area contributed by atoms with E-state index < -0.39 is 23.8 Å². The zero-order valence-electron chi connectivity index (χ0n) is 32.3. The lowest BCUT2D eigenvalue weighted by atomic mass is 9.55. The van der Waals surface area contributed by atoms with Gasteiger partial charge in [0.1, 0.15) is 30.8 Å². The summed E-state index contributed by atoms with van der Waals surface area (Å²) in [7, 11) is 1.69. The molecule has 1 saturated carbocycles. The highest BCUT2D eigenvalue weighted by Crippen LogP contribution is 2.61. The number of allylic oxidation sites excluding steroid dienone is 1. The Morgan fingerprint density at radius 2 is 1.64 bits per heavy atom. The molecule has 0 bridgehead atoms. The molecular formula is C45H56N2O9. The van der Waals surface area contributed by atoms with Gasteiger partial charge in [0.15, 0.2) is 0 Å². The topological polar surface area (TPSA) is 140 Å². The van der Waals surface area contributed by atoms with Gasteiger partial charge in [0.05, 0.1) is 31.5 Å². The Morgan fingerprint density at radius 3 is 2.34 bits per heavy atom. The lowest BCUT2D eigenvalue weighted by Gasteiger charge is -2.59. The van der Waals surface area contributed by atoms with Gasteiger partial charge < -0.3 is 44.0 Å². The maximum atomic E-state index is 14.0. The fourth-order valence-corrected chi connectivity index (χ4v) is 8.68. The zero-order chi connectivity index (χ0) is 39.3. The highest BCUT2D eigenvalue weighted by molar-refractivity contribution is 6.02. The van der Waals surface area contributed by atoms with Crippen molar-refractivity contribution in [2.24, 2.45) is 22.9 Å². The summed E-state index contributed by atoms with van der Waals surface area (Å²) in [5.41, 5.74) is 4.44. The predicted molar refractivity (Wildman–Crippen MR) is 213 cm³/mol. The summed E-state index contributed by atoms with van der Waals surface area (Å²) >= 11 is 0. The largest absolute Gasteiger partial charge is 0.508 e. The van der Waals surface area contributed by atoms with Crippen LogP contribution in [-0.4, -0.2) is 83.9 Å². The number of fused-ring (bicyclic) bond motifs is 2. The van der Waals surface area contributed by atoms with E-state index in [9.17, 15) is 20.1 Å². The van der Waals surface area contributed by atoms with Crippen LogP contribution in [0.3, 0.4) is 0 Å². The lowest BCUT2D eigenvalue weighted by Crippen LogP contribution is -2.69. The Balaban J connectivity index is 1.41. The number of hydrogen-bond donors (Lipinski definition) is 3. The van der Waals surface area contributed by atoms with E-state index in [1.165, 1.54) is 0 Å². The Bertz CT molecular complexity index is 1780. The number of benzene rings is 3. The maximum absolute atomic E-state index is 14.0. The summed E-state index contributed by atoms with van der Waals surface area (Å²) in [5, 5.41) is 35.3. The summed E-state index contributed by atoms with van der Waals surface area (Å²) < 4.78 is 25.5. The van der Waals surface area contributed by atoms with Crippen LogP contribution < -0.4 is 4.74 Å². The molecule has 56 heavy (non-hydrogen) atoms. The molecule has 0 spiro atoms. The van der Waals surface area contributed by atoms with E-state index in [1.54, 1.807) is 36.2 Å². The molecular weight excluding hydrogens is 713 g/mol. The van der Waals surface area contributed by atoms with E-state index in [2.05, 4.69) is 12.7 Å². The van der Waals surface area contributed by atoms with Crippen molar-refractivity contribution < 1.29 is 43.9 Å². The van der Waals surface area contributed by atoms with Gasteiger partial charge in [-0.25, -0.2) is 4.79 Å². The van der Waals surface area contributed by atoms with Crippen molar-refractivity contribution in [3.63, 3.8) is 0 Å². The van der Waals surface area contributed by atoms with Crippen LogP contribution in [0.15, 0.2) is 108 Å². The smallest absolute Gasteiger partial charge is 0.410 e. The fourth-order valence-electron chi connectivity index (χ4n) is 8.68. The van der Waals surface area contributed by atoms with Crippen molar-refractivity contribution in [3.05, 3.63) is 120 Å². The second-order valence-corrected chi connectivity index (χ2v) is 14.8. The first kappa shape index (κ1) is 41.0. The van der Waals surface area contributed by atoms with Crippen molar-refractivity contribution in [2.75, 3.05) is 40.1 Å². The van der Waals surface area contributed by atoms with Crippen molar-refractivity contribution in [1.82, 2.24) is 4.90 Å². The van der Waals surface area contributed by atoms with E-state index in [4.69, 9.17) is 28.9 Å². The molecule has 6 rings (SSSR count). The van der Waals surface area contributed by atoms with Crippen molar-refractivity contribution in [2.45, 2.75) is 75.9 Å². The van der Waals surface area contributed by atoms with E-state index in [0.29, 0.717) is 30.9 Å². The van der Waals surface area contributed by atoms with Crippen LogP contribution in [0.5, 0.6) is 11.5 Å². The van der Waals surface area contributed by atoms with E-state index in [0.717, 1.165) is 47.9 Å². The molecule has 11 nitrogen and oxygen atoms in total. The lowest BCUT2D eigenvalue weighted by molar-refractivity contribution is -0.253. The molecule has 6 unspecified atom stereocenters. The van der Waals surface area contributed by atoms with Crippen LogP contribution in [0.4, 0.5) is 4.79 Å². The van der Waals surface area contributed by atoms with Crippen molar-refractivity contribution in [1.29, 1.82) is 0 Å². The number of nitrogens with zero attached hydrogens (tertiary/aromatic N) is 2. The number of oxime groups is 1. The van der Waals surface area contributed by atoms with Gasteiger partial charge >= 0.3 is 6.09 Å². The number of carbonyl (C=O) groups is 1. The molecule has 0 aromatic heterocycles. The molecule has 1 heterocycles. The maximum Gasteiger partial charge on any atom is 0.410 e. The Labute approximate surface area is 330 Å². The second kappa shape index (κ2) is 20.0. The summed E-state index contributed by atoms with van der Waals surface area (Å²) in [6, 6.07) is 24.1. The molecule has 3 N–H and O–H groups in total. The van der Waals surface area contributed by atoms with Crippen LogP contribution >= 0.6 is 0 Å². The molecule has 0 radical (unpaired) electrons. The first-order valence-corrected chi connectivity index (χ1v) is 19.8. The van der Waals surface area contributed by atoms with E-state index in [-0.39, 0.29) is 69.6 Å². The van der Waals surface area contributed by atoms with Crippen LogP contribution in [0.25, 0.3) is 0 Å². The molecule has 11 heteroatoms. The number of amides is 1. The minimum atomic E-state index is -1.41. The van der Waals surface area contributed by atoms with Gasteiger partial charge in [0.2, 0.25) is 5.79 Å². The van der Waals surface area contributed by atoms with Gasteiger partial charge in [-0.3, -0.25) is 0 Å². The quantitative estimate of drug-likeness (QED) is 0.0606. The Morgan fingerprint density at radius 1 is 0.946 bits per heavy atom. The van der Waals surface area contributed by atoms with E-state index >= 15 is 0 Å². The monoisotopic (exact) mass is 768 g/mol.